The summed E-state index contributed by atoms with van der Waals surface area (Å²) in [7, 11) is 0. The van der Waals surface area contributed by atoms with Crippen LogP contribution in [-0.4, -0.2) is 51.9 Å². The molecule has 0 aliphatic carbocycles. The van der Waals surface area contributed by atoms with E-state index in [1.54, 1.807) is 17.2 Å². The monoisotopic (exact) mass is 338 g/mol. The molecule has 3 heterocycles. The van der Waals surface area contributed by atoms with Crippen molar-refractivity contribution in [1.82, 2.24) is 20.2 Å². The largest absolute Gasteiger partial charge is 0.484 e. The molecule has 1 saturated heterocycles. The molecule has 7 heteroatoms. The minimum absolute atomic E-state index is 0.120. The van der Waals surface area contributed by atoms with E-state index in [1.165, 1.54) is 12.4 Å². The molecule has 1 N–H and O–H groups in total. The molecule has 128 valence electrons. The van der Waals surface area contributed by atoms with Gasteiger partial charge in [0.2, 0.25) is 0 Å². The Morgan fingerprint density at radius 3 is 2.76 bits per heavy atom. The van der Waals surface area contributed by atoms with Crippen molar-refractivity contribution < 1.29 is 14.3 Å². The number of fused-ring (bicyclic) bond motifs is 1. The van der Waals surface area contributed by atoms with E-state index in [0.717, 1.165) is 0 Å². The number of carbonyl (C=O) groups excluding carboxylic acids is 2. The Hall–Kier alpha value is -2.96. The Morgan fingerprint density at radius 2 is 2.00 bits per heavy atom. The lowest BCUT2D eigenvalue weighted by Crippen LogP contribution is -2.54. The molecule has 25 heavy (non-hydrogen) atoms. The topological polar surface area (TPSA) is 84.4 Å². The first kappa shape index (κ1) is 15.6. The number of ether oxygens (including phenoxy) is 1. The Kier molecular flexibility index (Phi) is 3.83. The van der Waals surface area contributed by atoms with Crippen LogP contribution < -0.4 is 10.1 Å². The molecule has 7 nitrogen and oxygen atoms in total. The summed E-state index contributed by atoms with van der Waals surface area (Å²) >= 11 is 0. The van der Waals surface area contributed by atoms with Crippen molar-refractivity contribution >= 4 is 11.8 Å². The first-order chi connectivity index (χ1) is 12.2. The van der Waals surface area contributed by atoms with E-state index in [0.29, 0.717) is 49.5 Å². The number of benzene rings is 1. The smallest absolute Gasteiger partial charge is 0.274 e. The van der Waals surface area contributed by atoms with E-state index in [-0.39, 0.29) is 11.8 Å². The molecule has 0 bridgehead atoms. The number of rotatable bonds is 1. The highest BCUT2D eigenvalue weighted by Crippen LogP contribution is 2.33. The van der Waals surface area contributed by atoms with Gasteiger partial charge in [0.1, 0.15) is 17.0 Å². The zero-order chi connectivity index (χ0) is 17.3. The van der Waals surface area contributed by atoms with Gasteiger partial charge < -0.3 is 15.0 Å². The van der Waals surface area contributed by atoms with Gasteiger partial charge in [0, 0.05) is 38.3 Å². The second-order valence-electron chi connectivity index (χ2n) is 6.35. The van der Waals surface area contributed by atoms with E-state index in [1.807, 2.05) is 18.2 Å². The number of hydrogen-bond donors (Lipinski definition) is 1. The average Bonchev–Trinajstić information content (AvgIpc) is 2.80. The van der Waals surface area contributed by atoms with Crippen molar-refractivity contribution in [2.45, 2.75) is 18.4 Å². The maximum atomic E-state index is 12.5. The van der Waals surface area contributed by atoms with E-state index in [4.69, 9.17) is 4.74 Å². The molecule has 2 aromatic rings. The normalized spacial score (nSPS) is 18.7. The lowest BCUT2D eigenvalue weighted by Gasteiger charge is -2.40. The number of para-hydroxylation sites is 1. The minimum atomic E-state index is -0.485. The van der Waals surface area contributed by atoms with E-state index < -0.39 is 5.60 Å². The summed E-state index contributed by atoms with van der Waals surface area (Å²) in [5.74, 6) is 0.359. The molecule has 0 atom stereocenters. The molecule has 1 aromatic carbocycles. The molecule has 0 radical (unpaired) electrons. The summed E-state index contributed by atoms with van der Waals surface area (Å²) < 4.78 is 6.24. The van der Waals surface area contributed by atoms with Crippen LogP contribution in [0.1, 0.15) is 33.7 Å². The number of carbonyl (C=O) groups is 2. The number of amides is 2. The maximum Gasteiger partial charge on any atom is 0.274 e. The van der Waals surface area contributed by atoms with Crippen LogP contribution in [0.15, 0.2) is 42.9 Å². The summed E-state index contributed by atoms with van der Waals surface area (Å²) in [6, 6.07) is 7.26. The Labute approximate surface area is 145 Å². The maximum absolute atomic E-state index is 12.5. The third-order valence-corrected chi connectivity index (χ3v) is 4.77. The number of aromatic nitrogens is 2. The van der Waals surface area contributed by atoms with E-state index >= 15 is 0 Å². The van der Waals surface area contributed by atoms with Crippen molar-refractivity contribution in [3.63, 3.8) is 0 Å². The molecule has 4 rings (SSSR count). The van der Waals surface area contributed by atoms with E-state index in [2.05, 4.69) is 15.3 Å². The zero-order valence-corrected chi connectivity index (χ0v) is 13.6. The predicted molar refractivity (Wildman–Crippen MR) is 89.3 cm³/mol. The molecule has 1 spiro atoms. The van der Waals surface area contributed by atoms with Crippen LogP contribution in [-0.2, 0) is 0 Å². The summed E-state index contributed by atoms with van der Waals surface area (Å²) in [6.45, 7) is 1.54. The first-order valence-corrected chi connectivity index (χ1v) is 8.28. The fraction of sp³-hybridized carbons (Fsp3) is 0.333. The van der Waals surface area contributed by atoms with Crippen molar-refractivity contribution in [3.05, 3.63) is 54.1 Å². The van der Waals surface area contributed by atoms with Gasteiger partial charge in [-0.15, -0.1) is 0 Å². The number of nitrogens with one attached hydrogen (secondary N) is 1. The van der Waals surface area contributed by atoms with Crippen LogP contribution >= 0.6 is 0 Å². The van der Waals surface area contributed by atoms with Crippen LogP contribution in [0.5, 0.6) is 5.75 Å². The molecule has 2 aliphatic rings. The summed E-state index contributed by atoms with van der Waals surface area (Å²) in [6.07, 6.45) is 5.83. The number of nitrogens with zero attached hydrogens (tertiary/aromatic N) is 3. The molecule has 1 fully saturated rings. The molecular formula is C18H18N4O3. The Morgan fingerprint density at radius 1 is 1.20 bits per heavy atom. The molecule has 2 amide bonds. The van der Waals surface area contributed by atoms with Crippen molar-refractivity contribution in [2.24, 2.45) is 0 Å². The van der Waals surface area contributed by atoms with E-state index in [9.17, 15) is 9.59 Å². The van der Waals surface area contributed by atoms with Crippen molar-refractivity contribution in [1.29, 1.82) is 0 Å². The van der Waals surface area contributed by atoms with Crippen molar-refractivity contribution in [2.75, 3.05) is 19.6 Å². The number of likely N-dealkylation sites (tertiary alicyclic amines) is 1. The van der Waals surface area contributed by atoms with Gasteiger partial charge in [0.25, 0.3) is 11.8 Å². The van der Waals surface area contributed by atoms with Crippen molar-refractivity contribution in [3.8, 4) is 5.75 Å². The van der Waals surface area contributed by atoms with Crippen LogP contribution in [0.2, 0.25) is 0 Å². The highest BCUT2D eigenvalue weighted by Gasteiger charge is 2.41. The predicted octanol–water partition coefficient (Wildman–Crippen LogP) is 1.27. The second kappa shape index (κ2) is 6.16. The average molecular weight is 338 g/mol. The molecule has 0 unspecified atom stereocenters. The standard InChI is InChI=1S/C18H18N4O3/c23-16-13-3-1-2-4-15(13)25-18(12-21-16)5-9-22(10-6-18)17(24)14-11-19-7-8-20-14/h1-4,7-8,11H,5-6,9-10,12H2,(H,21,23). The molecule has 2 aliphatic heterocycles. The van der Waals surface area contributed by atoms with Gasteiger partial charge in [-0.3, -0.25) is 14.6 Å². The van der Waals surface area contributed by atoms with Gasteiger partial charge >= 0.3 is 0 Å². The summed E-state index contributed by atoms with van der Waals surface area (Å²) in [4.78, 5) is 34.5. The number of piperidine rings is 1. The van der Waals surface area contributed by atoms with Crippen LogP contribution in [0, 0.1) is 0 Å². The van der Waals surface area contributed by atoms with Gasteiger partial charge in [0.05, 0.1) is 18.3 Å². The molecule has 0 saturated carbocycles. The number of hydrogen-bond acceptors (Lipinski definition) is 5. The zero-order valence-electron chi connectivity index (χ0n) is 13.6. The van der Waals surface area contributed by atoms with Crippen LogP contribution in [0.25, 0.3) is 0 Å². The fourth-order valence-electron chi connectivity index (χ4n) is 3.32. The lowest BCUT2D eigenvalue weighted by atomic mass is 9.90. The first-order valence-electron chi connectivity index (χ1n) is 8.28. The van der Waals surface area contributed by atoms with Crippen LogP contribution in [0.4, 0.5) is 0 Å². The lowest BCUT2D eigenvalue weighted by molar-refractivity contribution is 0.00750. The van der Waals surface area contributed by atoms with Gasteiger partial charge in [-0.25, -0.2) is 4.98 Å². The molecule has 1 aromatic heterocycles. The SMILES string of the molecule is O=C1NCC2(CCN(C(=O)c3cnccn3)CC2)Oc2ccccc21. The molecular weight excluding hydrogens is 320 g/mol. The third kappa shape index (κ3) is 2.93. The van der Waals surface area contributed by atoms with Gasteiger partial charge in [-0.2, -0.15) is 0 Å². The Bertz CT molecular complexity index is 801. The van der Waals surface area contributed by atoms with Gasteiger partial charge in [-0.1, -0.05) is 12.1 Å². The highest BCUT2D eigenvalue weighted by atomic mass is 16.5. The fourth-order valence-corrected chi connectivity index (χ4v) is 3.32. The quantitative estimate of drug-likeness (QED) is 0.846. The third-order valence-electron chi connectivity index (χ3n) is 4.77. The summed E-state index contributed by atoms with van der Waals surface area (Å²) in [5.41, 5.74) is 0.415. The van der Waals surface area contributed by atoms with Crippen LogP contribution in [0.3, 0.4) is 0 Å². The summed E-state index contributed by atoms with van der Waals surface area (Å²) in [5, 5.41) is 2.95. The minimum Gasteiger partial charge on any atom is -0.484 e. The van der Waals surface area contributed by atoms with Gasteiger partial charge in [-0.05, 0) is 12.1 Å². The Balaban J connectivity index is 1.50. The second-order valence-corrected chi connectivity index (χ2v) is 6.35. The van der Waals surface area contributed by atoms with Gasteiger partial charge in [0.15, 0.2) is 0 Å². The highest BCUT2D eigenvalue weighted by molar-refractivity contribution is 5.97.